The Morgan fingerprint density at radius 3 is 2.42 bits per heavy atom. The van der Waals surface area contributed by atoms with Gasteiger partial charge in [-0.3, -0.25) is 4.79 Å². The van der Waals surface area contributed by atoms with Gasteiger partial charge in [0, 0.05) is 12.5 Å². The smallest absolute Gasteiger partial charge is 0.305 e. The van der Waals surface area contributed by atoms with E-state index in [2.05, 4.69) is 19.2 Å². The first-order valence-corrected chi connectivity index (χ1v) is 8.13. The Balaban J connectivity index is 3.45. The first-order chi connectivity index (χ1) is 9.24. The molecule has 0 fully saturated rings. The van der Waals surface area contributed by atoms with Gasteiger partial charge in [0.1, 0.15) is 0 Å². The van der Waals surface area contributed by atoms with E-state index in [9.17, 15) is 4.79 Å². The standard InChI is InChI=1S/C16H33NO2/c1-4-7-12-15(11-5-2)17-14-10-8-9-13-16(18)19-6-3/h15,17H,4-14H2,1-3H3. The molecule has 0 aromatic carbocycles. The van der Waals surface area contributed by atoms with Crippen molar-refractivity contribution in [2.24, 2.45) is 0 Å². The molecule has 0 aromatic rings. The summed E-state index contributed by atoms with van der Waals surface area (Å²) in [6.07, 6.45) is 10.2. The van der Waals surface area contributed by atoms with Crippen molar-refractivity contribution in [2.75, 3.05) is 13.2 Å². The zero-order chi connectivity index (χ0) is 14.3. The number of hydrogen-bond acceptors (Lipinski definition) is 3. The highest BCUT2D eigenvalue weighted by molar-refractivity contribution is 5.69. The molecular formula is C16H33NO2. The minimum absolute atomic E-state index is 0.0535. The molecule has 0 radical (unpaired) electrons. The van der Waals surface area contributed by atoms with E-state index in [4.69, 9.17) is 4.74 Å². The molecule has 3 heteroatoms. The Morgan fingerprint density at radius 2 is 1.79 bits per heavy atom. The fourth-order valence-electron chi connectivity index (χ4n) is 2.26. The number of carbonyl (C=O) groups excluding carboxylic acids is 1. The van der Waals surface area contributed by atoms with Crippen LogP contribution in [0.3, 0.4) is 0 Å². The molecule has 114 valence electrons. The summed E-state index contributed by atoms with van der Waals surface area (Å²) in [5.41, 5.74) is 0. The number of esters is 1. The van der Waals surface area contributed by atoms with Crippen LogP contribution in [0.1, 0.15) is 78.6 Å². The van der Waals surface area contributed by atoms with Crippen molar-refractivity contribution in [1.82, 2.24) is 5.32 Å². The van der Waals surface area contributed by atoms with Crippen molar-refractivity contribution in [1.29, 1.82) is 0 Å². The third-order valence-electron chi connectivity index (χ3n) is 3.34. The van der Waals surface area contributed by atoms with E-state index in [1.165, 1.54) is 32.1 Å². The summed E-state index contributed by atoms with van der Waals surface area (Å²) in [5.74, 6) is -0.0535. The van der Waals surface area contributed by atoms with E-state index in [0.717, 1.165) is 25.8 Å². The Labute approximate surface area is 119 Å². The quantitative estimate of drug-likeness (QED) is 0.405. The second-order valence-corrected chi connectivity index (χ2v) is 5.20. The highest BCUT2D eigenvalue weighted by Gasteiger charge is 2.06. The van der Waals surface area contributed by atoms with Crippen molar-refractivity contribution < 1.29 is 9.53 Å². The molecule has 1 N–H and O–H groups in total. The largest absolute Gasteiger partial charge is 0.466 e. The molecule has 0 aliphatic carbocycles. The number of unbranched alkanes of at least 4 members (excludes halogenated alkanes) is 3. The second-order valence-electron chi connectivity index (χ2n) is 5.20. The molecule has 1 atom stereocenters. The maximum absolute atomic E-state index is 11.1. The Morgan fingerprint density at radius 1 is 1.00 bits per heavy atom. The summed E-state index contributed by atoms with van der Waals surface area (Å²) in [5, 5.41) is 3.65. The normalized spacial score (nSPS) is 12.4. The van der Waals surface area contributed by atoms with Crippen LogP contribution in [-0.2, 0) is 9.53 Å². The molecule has 0 aromatic heterocycles. The van der Waals surface area contributed by atoms with E-state index >= 15 is 0 Å². The number of carbonyl (C=O) groups is 1. The van der Waals surface area contributed by atoms with Crippen LogP contribution in [0, 0.1) is 0 Å². The first-order valence-electron chi connectivity index (χ1n) is 8.13. The lowest BCUT2D eigenvalue weighted by molar-refractivity contribution is -0.143. The number of nitrogens with one attached hydrogen (secondary N) is 1. The lowest BCUT2D eigenvalue weighted by Crippen LogP contribution is -2.29. The summed E-state index contributed by atoms with van der Waals surface area (Å²) in [6, 6.07) is 0.690. The van der Waals surface area contributed by atoms with Crippen molar-refractivity contribution in [3.8, 4) is 0 Å². The fourth-order valence-corrected chi connectivity index (χ4v) is 2.26. The van der Waals surface area contributed by atoms with Crippen molar-refractivity contribution in [3.05, 3.63) is 0 Å². The van der Waals surface area contributed by atoms with Crippen LogP contribution in [0.25, 0.3) is 0 Å². The maximum atomic E-state index is 11.1. The van der Waals surface area contributed by atoms with Gasteiger partial charge in [-0.25, -0.2) is 0 Å². The molecule has 0 aliphatic rings. The summed E-state index contributed by atoms with van der Waals surface area (Å²) in [4.78, 5) is 11.1. The minimum atomic E-state index is -0.0535. The topological polar surface area (TPSA) is 38.3 Å². The van der Waals surface area contributed by atoms with Crippen LogP contribution in [0.4, 0.5) is 0 Å². The zero-order valence-corrected chi connectivity index (χ0v) is 13.2. The summed E-state index contributed by atoms with van der Waals surface area (Å²) >= 11 is 0. The molecule has 1 unspecified atom stereocenters. The average Bonchev–Trinajstić information content (AvgIpc) is 2.40. The zero-order valence-electron chi connectivity index (χ0n) is 13.2. The third kappa shape index (κ3) is 12.2. The van der Waals surface area contributed by atoms with Gasteiger partial charge in [-0.15, -0.1) is 0 Å². The van der Waals surface area contributed by atoms with Gasteiger partial charge >= 0.3 is 5.97 Å². The van der Waals surface area contributed by atoms with Gasteiger partial charge in [0.05, 0.1) is 6.61 Å². The Hall–Kier alpha value is -0.570. The van der Waals surface area contributed by atoms with Gasteiger partial charge in [-0.05, 0) is 39.2 Å². The molecule has 0 rings (SSSR count). The van der Waals surface area contributed by atoms with E-state index in [1.54, 1.807) is 0 Å². The predicted molar refractivity (Wildman–Crippen MR) is 81.3 cm³/mol. The highest BCUT2D eigenvalue weighted by atomic mass is 16.5. The number of hydrogen-bond donors (Lipinski definition) is 1. The molecule has 0 spiro atoms. The van der Waals surface area contributed by atoms with Crippen molar-refractivity contribution in [2.45, 2.75) is 84.6 Å². The summed E-state index contributed by atoms with van der Waals surface area (Å²) in [7, 11) is 0. The Bertz CT molecular complexity index is 207. The minimum Gasteiger partial charge on any atom is -0.466 e. The van der Waals surface area contributed by atoms with Crippen LogP contribution >= 0.6 is 0 Å². The molecule has 0 bridgehead atoms. The van der Waals surface area contributed by atoms with E-state index in [-0.39, 0.29) is 5.97 Å². The van der Waals surface area contributed by atoms with Gasteiger partial charge in [0.2, 0.25) is 0 Å². The molecule has 0 saturated heterocycles. The van der Waals surface area contributed by atoms with Crippen LogP contribution in [-0.4, -0.2) is 25.2 Å². The molecule has 3 nitrogen and oxygen atoms in total. The van der Waals surface area contributed by atoms with Gasteiger partial charge in [0.25, 0.3) is 0 Å². The molecule has 0 amide bonds. The highest BCUT2D eigenvalue weighted by Crippen LogP contribution is 2.07. The van der Waals surface area contributed by atoms with Crippen LogP contribution < -0.4 is 5.32 Å². The van der Waals surface area contributed by atoms with Crippen molar-refractivity contribution in [3.63, 3.8) is 0 Å². The van der Waals surface area contributed by atoms with E-state index in [1.807, 2.05) is 6.92 Å². The Kier molecular flexibility index (Phi) is 13.4. The predicted octanol–water partition coefficient (Wildman–Crippen LogP) is 4.06. The van der Waals surface area contributed by atoms with Gasteiger partial charge in [-0.2, -0.15) is 0 Å². The summed E-state index contributed by atoms with van der Waals surface area (Å²) < 4.78 is 4.91. The lowest BCUT2D eigenvalue weighted by Gasteiger charge is -2.17. The fraction of sp³-hybridized carbons (Fsp3) is 0.938. The summed E-state index contributed by atoms with van der Waals surface area (Å²) in [6.45, 7) is 7.93. The van der Waals surface area contributed by atoms with Crippen LogP contribution in [0.5, 0.6) is 0 Å². The van der Waals surface area contributed by atoms with E-state index in [0.29, 0.717) is 19.1 Å². The number of rotatable bonds is 13. The molecule has 0 aliphatic heterocycles. The van der Waals surface area contributed by atoms with Crippen LogP contribution in [0.2, 0.25) is 0 Å². The third-order valence-corrected chi connectivity index (χ3v) is 3.34. The molecule has 0 saturated carbocycles. The molecular weight excluding hydrogens is 238 g/mol. The SMILES string of the molecule is CCCCC(CCC)NCCCCCC(=O)OCC. The second kappa shape index (κ2) is 13.9. The van der Waals surface area contributed by atoms with Gasteiger partial charge in [-0.1, -0.05) is 39.5 Å². The average molecular weight is 271 g/mol. The lowest BCUT2D eigenvalue weighted by atomic mass is 10.0. The molecule has 19 heavy (non-hydrogen) atoms. The number of ether oxygens (including phenoxy) is 1. The van der Waals surface area contributed by atoms with E-state index < -0.39 is 0 Å². The monoisotopic (exact) mass is 271 g/mol. The first kappa shape index (κ1) is 18.4. The van der Waals surface area contributed by atoms with Crippen LogP contribution in [0.15, 0.2) is 0 Å². The van der Waals surface area contributed by atoms with Crippen molar-refractivity contribution >= 4 is 5.97 Å². The van der Waals surface area contributed by atoms with Gasteiger partial charge < -0.3 is 10.1 Å². The van der Waals surface area contributed by atoms with Gasteiger partial charge in [0.15, 0.2) is 0 Å². The maximum Gasteiger partial charge on any atom is 0.305 e. The molecule has 0 heterocycles.